The Hall–Kier alpha value is -4.44. The lowest BCUT2D eigenvalue weighted by molar-refractivity contribution is -0.385. The second kappa shape index (κ2) is 16.6. The third-order valence-corrected chi connectivity index (χ3v) is 6.95. The number of unbranched alkanes of at least 4 members (excludes halogenated alkanes) is 6. The molecule has 0 fully saturated rings. The van der Waals surface area contributed by atoms with E-state index in [1.807, 2.05) is 30.3 Å². The molecule has 7 heteroatoms. The first-order valence-corrected chi connectivity index (χ1v) is 14.3. The van der Waals surface area contributed by atoms with Gasteiger partial charge in [-0.05, 0) is 61.2 Å². The van der Waals surface area contributed by atoms with Crippen LogP contribution in [-0.2, 0) is 11.2 Å². The number of nitro groups is 1. The number of hydrogen-bond acceptors (Lipinski definition) is 5. The van der Waals surface area contributed by atoms with E-state index < -0.39 is 16.9 Å². The summed E-state index contributed by atoms with van der Waals surface area (Å²) < 4.78 is 0. The van der Waals surface area contributed by atoms with Crippen molar-refractivity contribution in [3.8, 4) is 17.6 Å². The van der Waals surface area contributed by atoms with Gasteiger partial charge in [-0.15, -0.1) is 0 Å². The molecule has 1 amide bonds. The normalized spacial score (nSPS) is 11.2. The van der Waals surface area contributed by atoms with Gasteiger partial charge in [-0.3, -0.25) is 19.7 Å². The highest BCUT2D eigenvalue weighted by Gasteiger charge is 2.22. The minimum atomic E-state index is -0.662. The zero-order chi connectivity index (χ0) is 29.5. The zero-order valence-corrected chi connectivity index (χ0v) is 23.6. The lowest BCUT2D eigenvalue weighted by Gasteiger charge is -2.18. The highest BCUT2D eigenvalue weighted by atomic mass is 16.6. The minimum absolute atomic E-state index is 0.00269. The summed E-state index contributed by atoms with van der Waals surface area (Å²) >= 11 is 0. The number of Topliss-reactive ketones (excluding diaryl/α,β-unsaturated/α-hetero) is 1. The summed E-state index contributed by atoms with van der Waals surface area (Å²) in [7, 11) is 0. The number of carbonyl (C=O) groups excluding carboxylic acids is 2. The molecule has 0 aliphatic carbocycles. The van der Waals surface area contributed by atoms with Crippen molar-refractivity contribution < 1.29 is 19.6 Å². The van der Waals surface area contributed by atoms with Crippen LogP contribution >= 0.6 is 0 Å². The number of phenolic OH excluding ortho intramolecular Hbond substituents is 1. The van der Waals surface area contributed by atoms with Crippen LogP contribution in [0.4, 0.5) is 5.69 Å². The Kier molecular flexibility index (Phi) is 12.6. The van der Waals surface area contributed by atoms with Crippen molar-refractivity contribution in [3.05, 3.63) is 105 Å². The number of hydrogen-bond donors (Lipinski definition) is 2. The van der Waals surface area contributed by atoms with E-state index in [0.29, 0.717) is 24.8 Å². The van der Waals surface area contributed by atoms with E-state index in [4.69, 9.17) is 0 Å². The number of ketones is 1. The predicted molar refractivity (Wildman–Crippen MR) is 161 cm³/mol. The fourth-order valence-electron chi connectivity index (χ4n) is 4.56. The van der Waals surface area contributed by atoms with Crippen molar-refractivity contribution in [1.29, 1.82) is 0 Å². The molecule has 7 nitrogen and oxygen atoms in total. The maximum absolute atomic E-state index is 13.3. The molecule has 2 N–H and O–H groups in total. The Balaban J connectivity index is 1.73. The SMILES string of the molecule is CCCCCCCCCC(=O)[C@H](CCc1ccccc1)NC(=O)c1ccc([N+](=O)[O-])c(C#Cc2ccc(O)cc2)c1. The highest BCUT2D eigenvalue weighted by Crippen LogP contribution is 2.20. The molecule has 3 aromatic carbocycles. The van der Waals surface area contributed by atoms with Crippen LogP contribution < -0.4 is 5.32 Å². The smallest absolute Gasteiger partial charge is 0.284 e. The van der Waals surface area contributed by atoms with Crippen LogP contribution in [0.1, 0.15) is 91.8 Å². The number of aryl methyl sites for hydroxylation is 1. The van der Waals surface area contributed by atoms with Crippen LogP contribution in [0.15, 0.2) is 72.8 Å². The minimum Gasteiger partial charge on any atom is -0.508 e. The number of nitrogens with one attached hydrogen (secondary N) is 1. The van der Waals surface area contributed by atoms with Gasteiger partial charge in [0.25, 0.3) is 11.6 Å². The molecule has 0 aliphatic rings. The van der Waals surface area contributed by atoms with Gasteiger partial charge >= 0.3 is 0 Å². The number of nitrogens with zero attached hydrogens (tertiary/aromatic N) is 1. The van der Waals surface area contributed by atoms with E-state index >= 15 is 0 Å². The molecule has 0 bridgehead atoms. The van der Waals surface area contributed by atoms with E-state index in [1.54, 1.807) is 12.1 Å². The van der Waals surface area contributed by atoms with Gasteiger partial charge in [-0.1, -0.05) is 87.6 Å². The van der Waals surface area contributed by atoms with Crippen LogP contribution in [0.3, 0.4) is 0 Å². The zero-order valence-electron chi connectivity index (χ0n) is 23.6. The highest BCUT2D eigenvalue weighted by molar-refractivity contribution is 5.98. The van der Waals surface area contributed by atoms with Gasteiger partial charge in [0.1, 0.15) is 11.3 Å². The van der Waals surface area contributed by atoms with Crippen molar-refractivity contribution in [2.24, 2.45) is 0 Å². The van der Waals surface area contributed by atoms with Crippen molar-refractivity contribution in [2.75, 3.05) is 0 Å². The first-order chi connectivity index (χ1) is 19.9. The topological polar surface area (TPSA) is 110 Å². The van der Waals surface area contributed by atoms with E-state index in [-0.39, 0.29) is 28.3 Å². The first kappa shape index (κ1) is 31.1. The Labute approximate surface area is 242 Å². The van der Waals surface area contributed by atoms with Crippen molar-refractivity contribution >= 4 is 17.4 Å². The van der Waals surface area contributed by atoms with Crippen molar-refractivity contribution in [1.82, 2.24) is 5.32 Å². The van der Waals surface area contributed by atoms with Crippen LogP contribution in [0.2, 0.25) is 0 Å². The van der Waals surface area contributed by atoms with E-state index in [0.717, 1.165) is 24.8 Å². The molecule has 0 unspecified atom stereocenters. The third-order valence-electron chi connectivity index (χ3n) is 6.95. The fourth-order valence-corrected chi connectivity index (χ4v) is 4.56. The van der Waals surface area contributed by atoms with Gasteiger partial charge in [-0.25, -0.2) is 0 Å². The molecule has 0 saturated heterocycles. The average molecular weight is 555 g/mol. The molecule has 0 spiro atoms. The lowest BCUT2D eigenvalue weighted by Crippen LogP contribution is -2.41. The predicted octanol–water partition coefficient (Wildman–Crippen LogP) is 7.14. The summed E-state index contributed by atoms with van der Waals surface area (Å²) in [6, 6.07) is 19.3. The Morgan fingerprint density at radius 1 is 0.902 bits per heavy atom. The molecule has 0 aromatic heterocycles. The van der Waals surface area contributed by atoms with Crippen LogP contribution in [0.25, 0.3) is 0 Å². The molecule has 41 heavy (non-hydrogen) atoms. The van der Waals surface area contributed by atoms with Crippen molar-refractivity contribution in [2.45, 2.75) is 77.2 Å². The molecule has 0 heterocycles. The Morgan fingerprint density at radius 3 is 2.27 bits per heavy atom. The number of phenols is 1. The second-order valence-electron chi connectivity index (χ2n) is 10.2. The van der Waals surface area contributed by atoms with Gasteiger partial charge < -0.3 is 10.4 Å². The summed E-state index contributed by atoms with van der Waals surface area (Å²) in [6.45, 7) is 2.19. The summed E-state index contributed by atoms with van der Waals surface area (Å²) in [5.41, 5.74) is 1.70. The molecular weight excluding hydrogens is 516 g/mol. The molecule has 1 atom stereocenters. The summed E-state index contributed by atoms with van der Waals surface area (Å²) in [5, 5.41) is 24.0. The molecule has 214 valence electrons. The number of aromatic hydroxyl groups is 1. The molecular formula is C34H38N2O5. The van der Waals surface area contributed by atoms with Gasteiger partial charge in [0.05, 0.1) is 11.0 Å². The number of rotatable bonds is 15. The number of amides is 1. The Bertz CT molecular complexity index is 1360. The maximum Gasteiger partial charge on any atom is 0.284 e. The number of benzene rings is 3. The van der Waals surface area contributed by atoms with E-state index in [2.05, 4.69) is 24.1 Å². The maximum atomic E-state index is 13.3. The quantitative estimate of drug-likeness (QED) is 0.0898. The molecule has 3 rings (SSSR count). The monoisotopic (exact) mass is 554 g/mol. The molecule has 0 saturated carbocycles. The van der Waals surface area contributed by atoms with Crippen molar-refractivity contribution in [3.63, 3.8) is 0 Å². The summed E-state index contributed by atoms with van der Waals surface area (Å²) in [4.78, 5) is 37.6. The van der Waals surface area contributed by atoms with Gasteiger partial charge in [0, 0.05) is 23.6 Å². The number of carbonyl (C=O) groups is 2. The standard InChI is InChI=1S/C34H38N2O5/c1-2-3-4-5-6-7-11-14-33(38)31(23-18-26-12-9-8-10-13-26)35-34(39)29-20-24-32(36(40)41)28(25-29)19-15-27-16-21-30(37)22-17-27/h8-10,12-13,16-17,20-22,24-25,31,37H,2-7,11,14,18,23H2,1H3,(H,35,39)/t31-/m0/s1. The molecule has 0 radical (unpaired) electrons. The number of nitro benzene ring substituents is 1. The van der Waals surface area contributed by atoms with Crippen LogP contribution in [0.5, 0.6) is 5.75 Å². The largest absolute Gasteiger partial charge is 0.508 e. The Morgan fingerprint density at radius 2 is 1.59 bits per heavy atom. The molecule has 0 aliphatic heterocycles. The summed E-state index contributed by atoms with van der Waals surface area (Å²) in [6.07, 6.45) is 9.20. The average Bonchev–Trinajstić information content (AvgIpc) is 2.98. The van der Waals surface area contributed by atoms with Gasteiger partial charge in [0.15, 0.2) is 5.78 Å². The summed E-state index contributed by atoms with van der Waals surface area (Å²) in [5.74, 6) is 5.23. The van der Waals surface area contributed by atoms with Crippen LogP contribution in [-0.4, -0.2) is 27.8 Å². The fraction of sp³-hybridized carbons (Fsp3) is 0.353. The van der Waals surface area contributed by atoms with Gasteiger partial charge in [-0.2, -0.15) is 0 Å². The third kappa shape index (κ3) is 10.6. The molecule has 3 aromatic rings. The second-order valence-corrected chi connectivity index (χ2v) is 10.2. The van der Waals surface area contributed by atoms with E-state index in [9.17, 15) is 24.8 Å². The lowest BCUT2D eigenvalue weighted by atomic mass is 9.97. The first-order valence-electron chi connectivity index (χ1n) is 14.3. The van der Waals surface area contributed by atoms with Crippen LogP contribution in [0, 0.1) is 22.0 Å². The van der Waals surface area contributed by atoms with E-state index in [1.165, 1.54) is 56.0 Å². The van der Waals surface area contributed by atoms with Gasteiger partial charge in [0.2, 0.25) is 0 Å².